The number of rotatable bonds is 2. The van der Waals surface area contributed by atoms with E-state index < -0.39 is 0 Å². The van der Waals surface area contributed by atoms with E-state index in [0.717, 1.165) is 0 Å². The van der Waals surface area contributed by atoms with Crippen LogP contribution in [-0.4, -0.2) is 11.1 Å². The molecule has 0 spiro atoms. The van der Waals surface area contributed by atoms with E-state index in [-0.39, 0.29) is 27.1 Å². The first-order valence-electron chi connectivity index (χ1n) is 2.85. The van der Waals surface area contributed by atoms with Gasteiger partial charge in [0, 0.05) is 0 Å². The zero-order valence-electron chi connectivity index (χ0n) is 5.65. The second kappa shape index (κ2) is 4.38. The van der Waals surface area contributed by atoms with Crippen LogP contribution < -0.4 is 4.74 Å². The maximum absolute atomic E-state index is 5.69. The van der Waals surface area contributed by atoms with E-state index >= 15 is 0 Å². The average Bonchev–Trinajstić information content (AvgIpc) is 2.01. The van der Waals surface area contributed by atoms with Crippen molar-refractivity contribution in [2.24, 2.45) is 0 Å². The molecule has 0 N–H and O–H groups in total. The molecule has 0 aliphatic carbocycles. The Morgan fingerprint density at radius 1 is 1.25 bits per heavy atom. The van der Waals surface area contributed by atoms with Crippen LogP contribution in [0.3, 0.4) is 0 Å². The molecule has 2 nitrogen and oxygen atoms in total. The van der Waals surface area contributed by atoms with Gasteiger partial charge < -0.3 is 4.74 Å². The molecule has 1 aromatic heterocycles. The van der Waals surface area contributed by atoms with Crippen molar-refractivity contribution in [3.8, 4) is 5.88 Å². The summed E-state index contributed by atoms with van der Waals surface area (Å²) in [5, 5.41) is 0.704. The van der Waals surface area contributed by atoms with Gasteiger partial charge in [0.1, 0.15) is 5.02 Å². The Morgan fingerprint density at radius 3 is 2.50 bits per heavy atom. The van der Waals surface area contributed by atoms with Crippen molar-refractivity contribution in [2.75, 3.05) is 6.07 Å². The molecule has 1 rings (SSSR count). The molecular weight excluding hydrogens is 244 g/mol. The Kier molecular flexibility index (Phi) is 3.72. The van der Waals surface area contributed by atoms with E-state index in [1.54, 1.807) is 0 Å². The highest BCUT2D eigenvalue weighted by atomic mass is 35.5. The van der Waals surface area contributed by atoms with E-state index in [1.165, 1.54) is 6.07 Å². The largest absolute Gasteiger partial charge is 0.460 e. The summed E-state index contributed by atoms with van der Waals surface area (Å²) in [6.07, 6.45) is 0. The van der Waals surface area contributed by atoms with Gasteiger partial charge in [-0.25, -0.2) is 0 Å². The average molecular weight is 247 g/mol. The van der Waals surface area contributed by atoms with Crippen molar-refractivity contribution in [3.63, 3.8) is 0 Å². The van der Waals surface area contributed by atoms with E-state index in [9.17, 15) is 0 Å². The lowest BCUT2D eigenvalue weighted by atomic mass is 10.5. The summed E-state index contributed by atoms with van der Waals surface area (Å²) in [6, 6.07) is 1.41. The van der Waals surface area contributed by atoms with Crippen LogP contribution in [0.2, 0.25) is 15.2 Å². The van der Waals surface area contributed by atoms with Crippen LogP contribution in [0.1, 0.15) is 0 Å². The highest BCUT2D eigenvalue weighted by Gasteiger charge is 2.07. The molecule has 66 valence electrons. The van der Waals surface area contributed by atoms with Crippen LogP contribution >= 0.6 is 46.4 Å². The zero-order chi connectivity index (χ0) is 9.14. The highest BCUT2D eigenvalue weighted by molar-refractivity contribution is 6.42. The molecule has 1 heterocycles. The van der Waals surface area contributed by atoms with Crippen LogP contribution in [-0.2, 0) is 0 Å². The fourth-order valence-electron chi connectivity index (χ4n) is 0.581. The molecule has 6 heteroatoms. The summed E-state index contributed by atoms with van der Waals surface area (Å²) < 4.78 is 4.85. The summed E-state index contributed by atoms with van der Waals surface area (Å²) in [6.45, 7) is 0. The molecule has 0 amide bonds. The Balaban J connectivity index is 3.05. The van der Waals surface area contributed by atoms with Gasteiger partial charge in [0.15, 0.2) is 11.2 Å². The molecule has 0 atom stereocenters. The molecule has 0 saturated carbocycles. The summed E-state index contributed by atoms with van der Waals surface area (Å²) >= 11 is 22.2. The zero-order valence-corrected chi connectivity index (χ0v) is 8.68. The maximum Gasteiger partial charge on any atom is 0.235 e. The molecule has 1 aromatic rings. The third kappa shape index (κ3) is 2.30. The Morgan fingerprint density at radius 2 is 1.92 bits per heavy atom. The predicted molar refractivity (Wildman–Crippen MR) is 50.6 cm³/mol. The summed E-state index contributed by atoms with van der Waals surface area (Å²) in [4.78, 5) is 3.76. The summed E-state index contributed by atoms with van der Waals surface area (Å²) in [5.41, 5.74) is 0. The molecule has 0 aliphatic heterocycles. The number of hydrogen-bond donors (Lipinski definition) is 0. The van der Waals surface area contributed by atoms with Crippen molar-refractivity contribution < 1.29 is 4.74 Å². The molecule has 12 heavy (non-hydrogen) atoms. The number of hydrogen-bond acceptors (Lipinski definition) is 2. The minimum Gasteiger partial charge on any atom is -0.460 e. The van der Waals surface area contributed by atoms with Crippen LogP contribution in [0.4, 0.5) is 0 Å². The van der Waals surface area contributed by atoms with Crippen molar-refractivity contribution in [3.05, 3.63) is 21.3 Å². The minimum absolute atomic E-state index is 0.0370. The van der Waals surface area contributed by atoms with Crippen molar-refractivity contribution in [2.45, 2.75) is 0 Å². The number of aromatic nitrogens is 1. The summed E-state index contributed by atoms with van der Waals surface area (Å²) in [5.74, 6) is 0.182. The number of ether oxygens (including phenoxy) is 1. The number of alkyl halides is 1. The minimum atomic E-state index is -0.0370. The van der Waals surface area contributed by atoms with E-state index in [0.29, 0.717) is 0 Å². The molecule has 0 radical (unpaired) electrons. The van der Waals surface area contributed by atoms with Crippen LogP contribution in [0, 0.1) is 0 Å². The number of nitrogens with zero attached hydrogens (tertiary/aromatic N) is 1. The van der Waals surface area contributed by atoms with Gasteiger partial charge in [0.25, 0.3) is 0 Å². The number of pyridine rings is 1. The monoisotopic (exact) mass is 245 g/mol. The van der Waals surface area contributed by atoms with Crippen molar-refractivity contribution in [1.29, 1.82) is 0 Å². The molecule has 0 aromatic carbocycles. The van der Waals surface area contributed by atoms with Crippen molar-refractivity contribution in [1.82, 2.24) is 4.98 Å². The Labute approximate surface area is 89.3 Å². The lowest BCUT2D eigenvalue weighted by molar-refractivity contribution is 0.372. The van der Waals surface area contributed by atoms with Gasteiger partial charge in [-0.2, -0.15) is 4.98 Å². The Bertz CT molecular complexity index is 291. The molecule has 0 bridgehead atoms. The van der Waals surface area contributed by atoms with Gasteiger partial charge in [0.05, 0.1) is 5.02 Å². The highest BCUT2D eigenvalue weighted by Crippen LogP contribution is 2.30. The fraction of sp³-hybridized carbons (Fsp3) is 0.167. The van der Waals surface area contributed by atoms with Gasteiger partial charge in [-0.05, 0) is 6.07 Å². The van der Waals surface area contributed by atoms with Gasteiger partial charge >= 0.3 is 0 Å². The smallest absolute Gasteiger partial charge is 0.235 e. The first-order chi connectivity index (χ1) is 5.65. The normalized spacial score (nSPS) is 10.0. The lowest BCUT2D eigenvalue weighted by Crippen LogP contribution is -1.93. The van der Waals surface area contributed by atoms with Gasteiger partial charge in [-0.3, -0.25) is 0 Å². The molecule has 0 saturated heterocycles. The van der Waals surface area contributed by atoms with Gasteiger partial charge in [-0.15, -0.1) is 0 Å². The second-order valence-corrected chi connectivity index (χ2v) is 3.19. The topological polar surface area (TPSA) is 22.1 Å². The Hall–Kier alpha value is 0.110. The SMILES string of the molecule is ClCOc1nc(Cl)c(Cl)cc1Cl. The van der Waals surface area contributed by atoms with Crippen LogP contribution in [0.15, 0.2) is 6.07 Å². The van der Waals surface area contributed by atoms with Crippen LogP contribution in [0.5, 0.6) is 5.88 Å². The molecule has 0 unspecified atom stereocenters. The third-order valence-corrected chi connectivity index (χ3v) is 2.10. The maximum atomic E-state index is 5.69. The quantitative estimate of drug-likeness (QED) is 0.588. The molecular formula is C6H3Cl4NO. The fourth-order valence-corrected chi connectivity index (χ4v) is 1.23. The van der Waals surface area contributed by atoms with Crippen molar-refractivity contribution >= 4 is 46.4 Å². The lowest BCUT2D eigenvalue weighted by Gasteiger charge is -2.03. The number of halogens is 4. The van der Waals surface area contributed by atoms with E-state index in [2.05, 4.69) is 4.98 Å². The first kappa shape index (κ1) is 10.2. The van der Waals surface area contributed by atoms with Gasteiger partial charge in [-0.1, -0.05) is 46.4 Å². The predicted octanol–water partition coefficient (Wildman–Crippen LogP) is 3.62. The molecule has 0 fully saturated rings. The molecule has 0 aliphatic rings. The van der Waals surface area contributed by atoms with Gasteiger partial charge in [0.2, 0.25) is 5.88 Å². The van der Waals surface area contributed by atoms with E-state index in [1.807, 2.05) is 0 Å². The first-order valence-corrected chi connectivity index (χ1v) is 4.52. The van der Waals surface area contributed by atoms with Crippen LogP contribution in [0.25, 0.3) is 0 Å². The summed E-state index contributed by atoms with van der Waals surface area (Å²) in [7, 11) is 0. The third-order valence-electron chi connectivity index (χ3n) is 1.05. The second-order valence-electron chi connectivity index (χ2n) is 1.80. The standard InChI is InChI=1S/C6H3Cl4NO/c7-2-12-6-4(9)1-3(8)5(10)11-6/h1H,2H2. The van der Waals surface area contributed by atoms with E-state index in [4.69, 9.17) is 51.1 Å².